The Kier molecular flexibility index (Phi) is 4.49. The normalized spacial score (nSPS) is 25.3. The van der Waals surface area contributed by atoms with Crippen molar-refractivity contribution in [1.29, 1.82) is 0 Å². The zero-order chi connectivity index (χ0) is 16.6. The van der Waals surface area contributed by atoms with E-state index in [1.807, 2.05) is 6.92 Å². The number of imidazole rings is 1. The summed E-state index contributed by atoms with van der Waals surface area (Å²) in [6.45, 7) is 4.32. The van der Waals surface area contributed by atoms with Gasteiger partial charge in [-0.2, -0.15) is 8.42 Å². The summed E-state index contributed by atoms with van der Waals surface area (Å²) < 4.78 is 28.6. The van der Waals surface area contributed by atoms with E-state index in [1.54, 1.807) is 11.5 Å². The van der Waals surface area contributed by atoms with Gasteiger partial charge in [0.2, 0.25) is 5.91 Å². The first kappa shape index (κ1) is 16.5. The molecule has 0 aliphatic heterocycles. The number of carbonyl (C=O) groups excluding carboxylic acids is 1. The van der Waals surface area contributed by atoms with Crippen LogP contribution in [0, 0.1) is 24.7 Å². The zero-order valence-electron chi connectivity index (χ0n) is 13.8. The summed E-state index contributed by atoms with van der Waals surface area (Å²) in [5.74, 6) is 1.11. The molecule has 3 rings (SSSR count). The average molecular weight is 339 g/mol. The van der Waals surface area contributed by atoms with E-state index in [2.05, 4.69) is 9.71 Å². The lowest BCUT2D eigenvalue weighted by Gasteiger charge is -2.21. The maximum atomic E-state index is 12.3. The van der Waals surface area contributed by atoms with Crippen molar-refractivity contribution in [3.63, 3.8) is 0 Å². The Balaban J connectivity index is 1.63. The molecule has 2 aliphatic carbocycles. The Hall–Kier alpha value is -1.37. The number of hydrogen-bond donors (Lipinski definition) is 1. The third kappa shape index (κ3) is 3.44. The number of rotatable bonds is 5. The lowest BCUT2D eigenvalue weighted by molar-refractivity contribution is -0.121. The second-order valence-corrected chi connectivity index (χ2v) is 8.42. The maximum Gasteiger partial charge on any atom is 0.283 e. The van der Waals surface area contributed by atoms with E-state index in [0.717, 1.165) is 6.42 Å². The molecule has 128 valence electrons. The van der Waals surface area contributed by atoms with Crippen LogP contribution in [0.1, 0.15) is 51.3 Å². The molecule has 1 heterocycles. The second kappa shape index (κ2) is 6.26. The van der Waals surface area contributed by atoms with Crippen molar-refractivity contribution in [3.8, 4) is 0 Å². The number of aryl methyl sites for hydroxylation is 2. The number of hydrogen-bond acceptors (Lipinski definition) is 4. The van der Waals surface area contributed by atoms with Gasteiger partial charge in [0.15, 0.2) is 5.03 Å². The monoisotopic (exact) mass is 339 g/mol. The van der Waals surface area contributed by atoms with Gasteiger partial charge in [-0.1, -0.05) is 32.1 Å². The quantitative estimate of drug-likeness (QED) is 0.892. The number of aromatic nitrogens is 2. The molecule has 1 N–H and O–H groups in total. The summed E-state index contributed by atoms with van der Waals surface area (Å²) in [6.07, 6.45) is 8.43. The van der Waals surface area contributed by atoms with Crippen LogP contribution in [0.4, 0.5) is 0 Å². The standard InChI is InChI=1S/C16H25N3O3S/c1-3-19-10-15(17-11(19)2)23(21,22)18-16(20)14-9-13(14)12-7-5-4-6-8-12/h10,12-14H,3-9H2,1-2H3,(H,18,20)/t13-,14+/m1/s1. The van der Waals surface area contributed by atoms with E-state index < -0.39 is 10.0 Å². The minimum absolute atomic E-state index is 0.0694. The van der Waals surface area contributed by atoms with Crippen LogP contribution in [-0.4, -0.2) is 23.9 Å². The van der Waals surface area contributed by atoms with Crippen LogP contribution >= 0.6 is 0 Å². The van der Waals surface area contributed by atoms with Gasteiger partial charge >= 0.3 is 0 Å². The molecular weight excluding hydrogens is 314 g/mol. The highest BCUT2D eigenvalue weighted by Gasteiger charge is 2.48. The third-order valence-electron chi connectivity index (χ3n) is 5.24. The van der Waals surface area contributed by atoms with Gasteiger partial charge in [-0.15, -0.1) is 0 Å². The van der Waals surface area contributed by atoms with Gasteiger partial charge in [0, 0.05) is 18.7 Å². The number of sulfonamides is 1. The molecule has 0 aromatic carbocycles. The van der Waals surface area contributed by atoms with E-state index in [9.17, 15) is 13.2 Å². The molecule has 0 unspecified atom stereocenters. The van der Waals surface area contributed by atoms with Gasteiger partial charge < -0.3 is 4.57 Å². The predicted octanol–water partition coefficient (Wildman–Crippen LogP) is 2.23. The molecule has 2 atom stereocenters. The lowest BCUT2D eigenvalue weighted by atomic mass is 9.85. The first-order valence-corrected chi connectivity index (χ1v) is 10.0. The molecule has 0 bridgehead atoms. The van der Waals surface area contributed by atoms with Crippen molar-refractivity contribution in [2.45, 2.75) is 63.9 Å². The van der Waals surface area contributed by atoms with Crippen molar-refractivity contribution in [2.75, 3.05) is 0 Å². The molecule has 2 saturated carbocycles. The summed E-state index contributed by atoms with van der Waals surface area (Å²) in [5, 5.41) is -0.0694. The molecule has 1 aromatic heterocycles. The van der Waals surface area contributed by atoms with Crippen LogP contribution in [0.5, 0.6) is 0 Å². The topological polar surface area (TPSA) is 81.1 Å². The number of carbonyl (C=O) groups is 1. The first-order chi connectivity index (χ1) is 10.9. The van der Waals surface area contributed by atoms with Gasteiger partial charge in [0.05, 0.1) is 0 Å². The molecule has 1 amide bonds. The van der Waals surface area contributed by atoms with E-state index in [-0.39, 0.29) is 16.9 Å². The largest absolute Gasteiger partial charge is 0.334 e. The van der Waals surface area contributed by atoms with E-state index in [4.69, 9.17) is 0 Å². The third-order valence-corrected chi connectivity index (χ3v) is 6.45. The fourth-order valence-corrected chi connectivity index (χ4v) is 4.83. The van der Waals surface area contributed by atoms with Crippen LogP contribution in [0.15, 0.2) is 11.2 Å². The zero-order valence-corrected chi connectivity index (χ0v) is 14.6. The molecule has 7 heteroatoms. The summed E-state index contributed by atoms with van der Waals surface area (Å²) in [7, 11) is -3.86. The molecule has 2 aliphatic rings. The van der Waals surface area contributed by atoms with Gasteiger partial charge in [0.1, 0.15) is 5.82 Å². The fraction of sp³-hybridized carbons (Fsp3) is 0.750. The summed E-state index contributed by atoms with van der Waals surface area (Å²) in [4.78, 5) is 16.3. The van der Waals surface area contributed by atoms with Crippen molar-refractivity contribution >= 4 is 15.9 Å². The van der Waals surface area contributed by atoms with E-state index in [0.29, 0.717) is 24.2 Å². The van der Waals surface area contributed by atoms with Crippen molar-refractivity contribution < 1.29 is 13.2 Å². The van der Waals surface area contributed by atoms with Gasteiger partial charge in [-0.25, -0.2) is 9.71 Å². The minimum Gasteiger partial charge on any atom is -0.334 e. The Morgan fingerprint density at radius 1 is 1.35 bits per heavy atom. The molecular formula is C16H25N3O3S. The Morgan fingerprint density at radius 2 is 2.04 bits per heavy atom. The highest BCUT2D eigenvalue weighted by atomic mass is 32.2. The average Bonchev–Trinajstić information content (AvgIpc) is 3.24. The molecule has 2 fully saturated rings. The Morgan fingerprint density at radius 3 is 2.65 bits per heavy atom. The summed E-state index contributed by atoms with van der Waals surface area (Å²) in [5.41, 5.74) is 0. The molecule has 0 saturated heterocycles. The Bertz CT molecular complexity index is 689. The number of nitrogens with zero attached hydrogens (tertiary/aromatic N) is 2. The minimum atomic E-state index is -3.86. The van der Waals surface area contributed by atoms with Crippen LogP contribution in [0.25, 0.3) is 0 Å². The van der Waals surface area contributed by atoms with Crippen molar-refractivity contribution in [1.82, 2.24) is 14.3 Å². The van der Waals surface area contributed by atoms with Crippen LogP contribution in [-0.2, 0) is 21.4 Å². The highest BCUT2D eigenvalue weighted by Crippen LogP contribution is 2.49. The second-order valence-electron chi connectivity index (χ2n) is 6.79. The van der Waals surface area contributed by atoms with Crippen LogP contribution in [0.3, 0.4) is 0 Å². The summed E-state index contributed by atoms with van der Waals surface area (Å²) in [6, 6.07) is 0. The Labute approximate surface area is 137 Å². The molecule has 6 nitrogen and oxygen atoms in total. The maximum absolute atomic E-state index is 12.3. The van der Waals surface area contributed by atoms with Crippen molar-refractivity contribution in [3.05, 3.63) is 12.0 Å². The molecule has 1 aromatic rings. The van der Waals surface area contributed by atoms with Crippen LogP contribution in [0.2, 0.25) is 0 Å². The summed E-state index contributed by atoms with van der Waals surface area (Å²) >= 11 is 0. The van der Waals surface area contributed by atoms with Gasteiger partial charge in [-0.05, 0) is 32.1 Å². The van der Waals surface area contributed by atoms with E-state index in [1.165, 1.54) is 38.3 Å². The first-order valence-electron chi connectivity index (χ1n) is 8.53. The SMILES string of the molecule is CCn1cc(S(=O)(=O)NC(=O)[C@H]2C[C@@H]2C2CCCCC2)nc1C. The molecule has 0 radical (unpaired) electrons. The number of nitrogens with one attached hydrogen (secondary N) is 1. The predicted molar refractivity (Wildman–Crippen MR) is 86.1 cm³/mol. The number of amides is 1. The van der Waals surface area contributed by atoms with Gasteiger partial charge in [-0.3, -0.25) is 4.79 Å². The lowest BCUT2D eigenvalue weighted by Crippen LogP contribution is -2.33. The van der Waals surface area contributed by atoms with Crippen molar-refractivity contribution in [2.24, 2.45) is 17.8 Å². The fourth-order valence-electron chi connectivity index (χ4n) is 3.79. The smallest absolute Gasteiger partial charge is 0.283 e. The van der Waals surface area contributed by atoms with Gasteiger partial charge in [0.25, 0.3) is 10.0 Å². The molecule has 23 heavy (non-hydrogen) atoms. The highest BCUT2D eigenvalue weighted by molar-refractivity contribution is 7.90. The van der Waals surface area contributed by atoms with E-state index >= 15 is 0 Å². The molecule has 0 spiro atoms. The van der Waals surface area contributed by atoms with Crippen LogP contribution < -0.4 is 4.72 Å².